The van der Waals surface area contributed by atoms with Gasteiger partial charge >= 0.3 is 5.97 Å². The molecule has 1 aromatic carbocycles. The lowest BCUT2D eigenvalue weighted by atomic mass is 9.82. The molecule has 2 N–H and O–H groups in total. The van der Waals surface area contributed by atoms with Crippen molar-refractivity contribution in [1.82, 2.24) is 0 Å². The number of allylic oxidation sites excluding steroid dienone is 2. The van der Waals surface area contributed by atoms with E-state index >= 15 is 0 Å². The molecule has 0 radical (unpaired) electrons. The van der Waals surface area contributed by atoms with E-state index in [-0.39, 0.29) is 22.5 Å². The summed E-state index contributed by atoms with van der Waals surface area (Å²) in [6.45, 7) is 0. The second-order valence-electron chi connectivity index (χ2n) is 5.42. The van der Waals surface area contributed by atoms with E-state index < -0.39 is 29.5 Å². The molecule has 21 heavy (non-hydrogen) atoms. The molecule has 2 unspecified atom stereocenters. The fraction of sp³-hybridized carbons (Fsp3) is 0.333. The third kappa shape index (κ3) is 2.31. The number of halogens is 2. The Labute approximate surface area is 125 Å². The molecule has 3 rings (SSSR count). The third-order valence-electron chi connectivity index (χ3n) is 4.26. The minimum atomic E-state index is -0.994. The zero-order valence-electron chi connectivity index (χ0n) is 10.9. The van der Waals surface area contributed by atoms with Crippen molar-refractivity contribution in [3.05, 3.63) is 41.2 Å². The van der Waals surface area contributed by atoms with Crippen LogP contribution in [0.3, 0.4) is 0 Å². The van der Waals surface area contributed by atoms with Gasteiger partial charge in [-0.2, -0.15) is 0 Å². The predicted molar refractivity (Wildman–Crippen MR) is 75.4 cm³/mol. The Hall–Kier alpha value is -1.88. The summed E-state index contributed by atoms with van der Waals surface area (Å²) in [5, 5.41) is 11.9. The molecule has 0 saturated heterocycles. The fourth-order valence-corrected chi connectivity index (χ4v) is 3.55. The summed E-state index contributed by atoms with van der Waals surface area (Å²) in [4.78, 5) is 23.8. The summed E-state index contributed by atoms with van der Waals surface area (Å²) in [5.74, 6) is -3.81. The van der Waals surface area contributed by atoms with Crippen molar-refractivity contribution in [3.8, 4) is 0 Å². The van der Waals surface area contributed by atoms with E-state index in [1.54, 1.807) is 0 Å². The molecule has 4 nitrogen and oxygen atoms in total. The smallest absolute Gasteiger partial charge is 0.307 e. The average molecular weight is 310 g/mol. The van der Waals surface area contributed by atoms with Gasteiger partial charge in [0.25, 0.3) is 0 Å². The number of carbonyl (C=O) groups is 2. The molecule has 0 spiro atoms. The van der Waals surface area contributed by atoms with Crippen LogP contribution >= 0.6 is 11.6 Å². The minimum Gasteiger partial charge on any atom is -0.481 e. The molecule has 1 fully saturated rings. The maximum atomic E-state index is 13.7. The van der Waals surface area contributed by atoms with Crippen LogP contribution < -0.4 is 5.32 Å². The first-order chi connectivity index (χ1) is 9.99. The highest BCUT2D eigenvalue weighted by Gasteiger charge is 2.51. The fourth-order valence-electron chi connectivity index (χ4n) is 3.34. The number of anilines is 1. The van der Waals surface area contributed by atoms with Gasteiger partial charge in [0.1, 0.15) is 5.82 Å². The lowest BCUT2D eigenvalue weighted by molar-refractivity contribution is -0.146. The Morgan fingerprint density at radius 3 is 2.52 bits per heavy atom. The highest BCUT2D eigenvalue weighted by Crippen LogP contribution is 2.48. The monoisotopic (exact) mass is 309 g/mol. The van der Waals surface area contributed by atoms with Gasteiger partial charge in [-0.05, 0) is 30.4 Å². The number of rotatable bonds is 3. The molecule has 2 aliphatic carbocycles. The molecule has 1 saturated carbocycles. The number of para-hydroxylation sites is 1. The summed E-state index contributed by atoms with van der Waals surface area (Å²) >= 11 is 5.87. The Morgan fingerprint density at radius 2 is 1.90 bits per heavy atom. The van der Waals surface area contributed by atoms with Crippen LogP contribution in [0.5, 0.6) is 0 Å². The second-order valence-corrected chi connectivity index (χ2v) is 5.83. The first-order valence-corrected chi connectivity index (χ1v) is 7.03. The minimum absolute atomic E-state index is 0.0916. The molecule has 0 aromatic heterocycles. The van der Waals surface area contributed by atoms with Crippen LogP contribution in [0, 0.1) is 29.5 Å². The Morgan fingerprint density at radius 1 is 1.24 bits per heavy atom. The maximum absolute atomic E-state index is 13.7. The van der Waals surface area contributed by atoms with E-state index in [0.29, 0.717) is 6.42 Å². The van der Waals surface area contributed by atoms with Gasteiger partial charge in [0.15, 0.2) is 0 Å². The van der Waals surface area contributed by atoms with Crippen molar-refractivity contribution in [2.45, 2.75) is 6.42 Å². The van der Waals surface area contributed by atoms with Crippen LogP contribution in [-0.4, -0.2) is 17.0 Å². The molecular formula is C15H13ClFNO3. The number of carboxylic acids is 1. The summed E-state index contributed by atoms with van der Waals surface area (Å²) in [6, 6.07) is 4.10. The molecule has 2 bridgehead atoms. The Balaban J connectivity index is 1.85. The number of hydrogen-bond donors (Lipinski definition) is 2. The number of fused-ring (bicyclic) bond motifs is 2. The van der Waals surface area contributed by atoms with E-state index in [1.807, 2.05) is 12.2 Å². The van der Waals surface area contributed by atoms with Crippen LogP contribution in [0.15, 0.2) is 30.4 Å². The van der Waals surface area contributed by atoms with Crippen LogP contribution in [0.25, 0.3) is 0 Å². The normalized spacial score (nSPS) is 29.6. The highest BCUT2D eigenvalue weighted by atomic mass is 35.5. The first kappa shape index (κ1) is 14.1. The number of nitrogens with one attached hydrogen (secondary N) is 1. The van der Waals surface area contributed by atoms with Gasteiger partial charge in [-0.3, -0.25) is 9.59 Å². The standard InChI is InChI=1S/C15H13ClFNO3/c16-9-2-1-3-10(17)13(9)18-14(19)11-7-4-5-8(6-7)12(11)15(20)21/h1-5,7-8,11-12H,6H2,(H,18,19)(H,20,21)/t7?,8?,11-,12+/m0/s1. The number of carboxylic acid groups (broad SMARTS) is 1. The predicted octanol–water partition coefficient (Wildman–Crippen LogP) is 2.94. The molecule has 0 heterocycles. The Bertz CT molecular complexity index is 626. The molecule has 110 valence electrons. The molecule has 4 atom stereocenters. The molecule has 1 aromatic rings. The van der Waals surface area contributed by atoms with Crippen LogP contribution in [0.1, 0.15) is 6.42 Å². The SMILES string of the molecule is O=C(O)[C@@H]1C2C=CC(C2)[C@@H]1C(=O)Nc1c(F)cccc1Cl. The van der Waals surface area contributed by atoms with Crippen molar-refractivity contribution >= 4 is 29.2 Å². The second kappa shape index (κ2) is 5.15. The van der Waals surface area contributed by atoms with Gasteiger partial charge in [0, 0.05) is 0 Å². The van der Waals surface area contributed by atoms with E-state index in [4.69, 9.17) is 11.6 Å². The van der Waals surface area contributed by atoms with Crippen LogP contribution in [0.4, 0.5) is 10.1 Å². The Kier molecular flexibility index (Phi) is 3.45. The molecule has 1 amide bonds. The zero-order chi connectivity index (χ0) is 15.1. The maximum Gasteiger partial charge on any atom is 0.307 e. The van der Waals surface area contributed by atoms with Gasteiger partial charge in [0.05, 0.1) is 22.5 Å². The average Bonchev–Trinajstić information content (AvgIpc) is 3.03. The summed E-state index contributed by atoms with van der Waals surface area (Å²) < 4.78 is 13.7. The van der Waals surface area contributed by atoms with E-state index in [0.717, 1.165) is 0 Å². The van der Waals surface area contributed by atoms with Crippen molar-refractivity contribution in [2.75, 3.05) is 5.32 Å². The topological polar surface area (TPSA) is 66.4 Å². The van der Waals surface area contributed by atoms with Crippen molar-refractivity contribution in [3.63, 3.8) is 0 Å². The van der Waals surface area contributed by atoms with Gasteiger partial charge < -0.3 is 10.4 Å². The summed E-state index contributed by atoms with van der Waals surface area (Å²) in [5.41, 5.74) is -0.0972. The summed E-state index contributed by atoms with van der Waals surface area (Å²) in [6.07, 6.45) is 4.38. The number of hydrogen-bond acceptors (Lipinski definition) is 2. The van der Waals surface area contributed by atoms with Gasteiger partial charge in [-0.1, -0.05) is 29.8 Å². The quantitative estimate of drug-likeness (QED) is 0.844. The van der Waals surface area contributed by atoms with Gasteiger partial charge in [-0.15, -0.1) is 0 Å². The third-order valence-corrected chi connectivity index (χ3v) is 4.57. The largest absolute Gasteiger partial charge is 0.481 e. The molecular weight excluding hydrogens is 297 g/mol. The van der Waals surface area contributed by atoms with Crippen molar-refractivity contribution < 1.29 is 19.1 Å². The lowest BCUT2D eigenvalue weighted by Crippen LogP contribution is -2.36. The highest BCUT2D eigenvalue weighted by molar-refractivity contribution is 6.33. The van der Waals surface area contributed by atoms with E-state index in [1.165, 1.54) is 18.2 Å². The van der Waals surface area contributed by atoms with Crippen molar-refractivity contribution in [1.29, 1.82) is 0 Å². The van der Waals surface area contributed by atoms with E-state index in [9.17, 15) is 19.1 Å². The van der Waals surface area contributed by atoms with E-state index in [2.05, 4.69) is 5.32 Å². The van der Waals surface area contributed by atoms with Crippen LogP contribution in [-0.2, 0) is 9.59 Å². The number of benzene rings is 1. The van der Waals surface area contributed by atoms with Crippen molar-refractivity contribution in [2.24, 2.45) is 23.7 Å². The number of carbonyl (C=O) groups excluding carboxylic acids is 1. The lowest BCUT2D eigenvalue weighted by Gasteiger charge is -2.24. The number of amides is 1. The zero-order valence-corrected chi connectivity index (χ0v) is 11.7. The molecule has 2 aliphatic rings. The van der Waals surface area contributed by atoms with Gasteiger partial charge in [0.2, 0.25) is 5.91 Å². The summed E-state index contributed by atoms with van der Waals surface area (Å²) in [7, 11) is 0. The van der Waals surface area contributed by atoms with Gasteiger partial charge in [-0.25, -0.2) is 4.39 Å². The molecule has 6 heteroatoms. The number of aliphatic carboxylic acids is 1. The first-order valence-electron chi connectivity index (χ1n) is 6.65. The van der Waals surface area contributed by atoms with Crippen LogP contribution in [0.2, 0.25) is 5.02 Å². The molecule has 0 aliphatic heterocycles.